The largest absolute Gasteiger partial charge is 0.318 e. The number of carbonyl (C=O) groups excluding carboxylic acids is 1. The molecule has 0 radical (unpaired) electrons. The van der Waals surface area contributed by atoms with E-state index in [0.717, 1.165) is 11.4 Å². The molecule has 0 fully saturated rings. The van der Waals surface area contributed by atoms with E-state index in [9.17, 15) is 9.18 Å². The Kier molecular flexibility index (Phi) is 3.53. The van der Waals surface area contributed by atoms with Gasteiger partial charge in [0, 0.05) is 22.6 Å². The van der Waals surface area contributed by atoms with Crippen LogP contribution in [0.1, 0.15) is 21.7 Å². The molecule has 0 aliphatic rings. The van der Waals surface area contributed by atoms with Crippen LogP contribution in [-0.2, 0) is 0 Å². The molecule has 2 aromatic rings. The Labute approximate surface area is 110 Å². The molecule has 0 saturated heterocycles. The van der Waals surface area contributed by atoms with E-state index in [0.29, 0.717) is 11.3 Å². The van der Waals surface area contributed by atoms with Crippen LogP contribution < -0.4 is 0 Å². The Bertz CT molecular complexity index is 604. The highest BCUT2D eigenvalue weighted by molar-refractivity contribution is 6.30. The molecule has 0 amide bonds. The Morgan fingerprint density at radius 2 is 2.06 bits per heavy atom. The van der Waals surface area contributed by atoms with Gasteiger partial charge in [-0.1, -0.05) is 6.07 Å². The predicted molar refractivity (Wildman–Crippen MR) is 70.3 cm³/mol. The Hall–Kier alpha value is -1.61. The second-order valence-corrected chi connectivity index (χ2v) is 4.42. The summed E-state index contributed by atoms with van der Waals surface area (Å²) in [5.41, 5.74) is 2.96. The van der Waals surface area contributed by atoms with Gasteiger partial charge in [0.2, 0.25) is 0 Å². The van der Waals surface area contributed by atoms with Crippen LogP contribution in [0.3, 0.4) is 0 Å². The van der Waals surface area contributed by atoms with E-state index in [4.69, 9.17) is 11.6 Å². The van der Waals surface area contributed by atoms with Gasteiger partial charge in [0.05, 0.1) is 5.88 Å². The molecule has 0 aliphatic heterocycles. The van der Waals surface area contributed by atoms with Crippen molar-refractivity contribution < 1.29 is 9.18 Å². The first-order chi connectivity index (χ1) is 8.54. The molecule has 4 heteroatoms. The van der Waals surface area contributed by atoms with Crippen LogP contribution in [0, 0.1) is 19.7 Å². The zero-order chi connectivity index (χ0) is 13.3. The molecule has 94 valence electrons. The lowest BCUT2D eigenvalue weighted by Gasteiger charge is -2.09. The van der Waals surface area contributed by atoms with E-state index >= 15 is 0 Å². The van der Waals surface area contributed by atoms with Crippen molar-refractivity contribution in [1.29, 1.82) is 0 Å². The van der Waals surface area contributed by atoms with Gasteiger partial charge in [-0.15, -0.1) is 11.6 Å². The summed E-state index contributed by atoms with van der Waals surface area (Å²) in [6.45, 7) is 3.71. The summed E-state index contributed by atoms with van der Waals surface area (Å²) >= 11 is 5.57. The molecule has 0 atom stereocenters. The monoisotopic (exact) mass is 265 g/mol. The van der Waals surface area contributed by atoms with Crippen LogP contribution in [-0.4, -0.2) is 16.2 Å². The van der Waals surface area contributed by atoms with Crippen LogP contribution in [0.5, 0.6) is 0 Å². The number of alkyl halides is 1. The third-order valence-corrected chi connectivity index (χ3v) is 3.16. The highest BCUT2D eigenvalue weighted by Crippen LogP contribution is 2.21. The van der Waals surface area contributed by atoms with E-state index in [1.54, 1.807) is 18.2 Å². The lowest BCUT2D eigenvalue weighted by atomic mass is 10.2. The SMILES string of the molecule is Cc1cc(C(=O)CCl)c(C)n1-c1cccc(F)c1. The van der Waals surface area contributed by atoms with E-state index in [-0.39, 0.29) is 17.5 Å². The van der Waals surface area contributed by atoms with Gasteiger partial charge in [-0.25, -0.2) is 4.39 Å². The first-order valence-corrected chi connectivity index (χ1v) is 6.12. The summed E-state index contributed by atoms with van der Waals surface area (Å²) in [5.74, 6) is -0.467. The van der Waals surface area contributed by atoms with Crippen molar-refractivity contribution in [3.8, 4) is 5.69 Å². The van der Waals surface area contributed by atoms with Crippen LogP contribution in [0.25, 0.3) is 5.69 Å². The normalized spacial score (nSPS) is 10.7. The van der Waals surface area contributed by atoms with Crippen LogP contribution >= 0.6 is 11.6 Å². The number of benzene rings is 1. The quantitative estimate of drug-likeness (QED) is 0.613. The smallest absolute Gasteiger partial charge is 0.179 e. The number of hydrogen-bond acceptors (Lipinski definition) is 1. The Morgan fingerprint density at radius 3 is 2.67 bits per heavy atom. The van der Waals surface area contributed by atoms with Crippen molar-refractivity contribution in [2.75, 3.05) is 5.88 Å². The maximum atomic E-state index is 13.2. The van der Waals surface area contributed by atoms with Crippen LogP contribution in [0.2, 0.25) is 0 Å². The van der Waals surface area contributed by atoms with Crippen molar-refractivity contribution in [1.82, 2.24) is 4.57 Å². The van der Waals surface area contributed by atoms with Gasteiger partial charge < -0.3 is 4.57 Å². The maximum Gasteiger partial charge on any atom is 0.179 e. The average Bonchev–Trinajstić information content (AvgIpc) is 2.64. The molecular formula is C14H13ClFNO. The second kappa shape index (κ2) is 4.94. The van der Waals surface area contributed by atoms with Gasteiger partial charge in [-0.3, -0.25) is 4.79 Å². The van der Waals surface area contributed by atoms with Crippen molar-refractivity contribution in [3.05, 3.63) is 53.1 Å². The lowest BCUT2D eigenvalue weighted by molar-refractivity contribution is 0.102. The molecule has 0 bridgehead atoms. The van der Waals surface area contributed by atoms with Crippen LogP contribution in [0.15, 0.2) is 30.3 Å². The van der Waals surface area contributed by atoms with Gasteiger partial charge in [0.15, 0.2) is 5.78 Å². The lowest BCUT2D eigenvalue weighted by Crippen LogP contribution is -2.04. The van der Waals surface area contributed by atoms with Gasteiger partial charge in [-0.05, 0) is 38.1 Å². The van der Waals surface area contributed by atoms with E-state index < -0.39 is 0 Å². The van der Waals surface area contributed by atoms with Gasteiger partial charge in [0.25, 0.3) is 0 Å². The van der Waals surface area contributed by atoms with Gasteiger partial charge >= 0.3 is 0 Å². The molecule has 2 nitrogen and oxygen atoms in total. The minimum atomic E-state index is -0.301. The molecule has 0 aliphatic carbocycles. The van der Waals surface area contributed by atoms with Crippen molar-refractivity contribution >= 4 is 17.4 Å². The van der Waals surface area contributed by atoms with Crippen molar-refractivity contribution in [2.45, 2.75) is 13.8 Å². The highest BCUT2D eigenvalue weighted by Gasteiger charge is 2.15. The first-order valence-electron chi connectivity index (χ1n) is 5.58. The fourth-order valence-electron chi connectivity index (χ4n) is 2.13. The van der Waals surface area contributed by atoms with Gasteiger partial charge in [-0.2, -0.15) is 0 Å². The van der Waals surface area contributed by atoms with Crippen molar-refractivity contribution in [2.24, 2.45) is 0 Å². The first kappa shape index (κ1) is 12.8. The zero-order valence-electron chi connectivity index (χ0n) is 10.2. The number of halogens is 2. The third kappa shape index (κ3) is 2.18. The fourth-order valence-corrected chi connectivity index (χ4v) is 2.27. The number of carbonyl (C=O) groups is 1. The molecule has 1 aromatic heterocycles. The fraction of sp³-hybridized carbons (Fsp3) is 0.214. The number of nitrogens with zero attached hydrogens (tertiary/aromatic N) is 1. The van der Waals surface area contributed by atoms with Crippen molar-refractivity contribution in [3.63, 3.8) is 0 Å². The van der Waals surface area contributed by atoms with Gasteiger partial charge in [0.1, 0.15) is 5.82 Å². The topological polar surface area (TPSA) is 22.0 Å². The summed E-state index contributed by atoms with van der Waals surface area (Å²) in [5, 5.41) is 0. The summed E-state index contributed by atoms with van der Waals surface area (Å²) in [4.78, 5) is 11.7. The number of aryl methyl sites for hydroxylation is 1. The number of hydrogen-bond donors (Lipinski definition) is 0. The number of ketones is 1. The predicted octanol–water partition coefficient (Wildman–Crippen LogP) is 3.65. The Balaban J connectivity index is 2.59. The third-order valence-electron chi connectivity index (χ3n) is 2.92. The summed E-state index contributed by atoms with van der Waals surface area (Å²) < 4.78 is 15.1. The number of aromatic nitrogens is 1. The van der Waals surface area contributed by atoms with Crippen LogP contribution in [0.4, 0.5) is 4.39 Å². The maximum absolute atomic E-state index is 13.2. The molecule has 18 heavy (non-hydrogen) atoms. The number of Topliss-reactive ketones (excluding diaryl/α,β-unsaturated/α-hetero) is 1. The Morgan fingerprint density at radius 1 is 1.33 bits per heavy atom. The standard InChI is InChI=1S/C14H13ClFNO/c1-9-6-13(14(18)8-15)10(2)17(9)12-5-3-4-11(16)7-12/h3-7H,8H2,1-2H3. The molecule has 0 unspecified atom stereocenters. The molecular weight excluding hydrogens is 253 g/mol. The van der Waals surface area contributed by atoms with E-state index in [2.05, 4.69) is 0 Å². The molecule has 1 aromatic carbocycles. The molecule has 1 heterocycles. The minimum Gasteiger partial charge on any atom is -0.318 e. The second-order valence-electron chi connectivity index (χ2n) is 4.16. The van der Waals surface area contributed by atoms with E-state index in [1.165, 1.54) is 12.1 Å². The summed E-state index contributed by atoms with van der Waals surface area (Å²) in [6, 6.07) is 8.06. The highest BCUT2D eigenvalue weighted by atomic mass is 35.5. The average molecular weight is 266 g/mol. The molecule has 2 rings (SSSR count). The van der Waals surface area contributed by atoms with E-state index in [1.807, 2.05) is 18.4 Å². The molecule has 0 N–H and O–H groups in total. The summed E-state index contributed by atoms with van der Waals surface area (Å²) in [6.07, 6.45) is 0. The molecule has 0 spiro atoms. The summed E-state index contributed by atoms with van der Waals surface area (Å²) in [7, 11) is 0. The molecule has 0 saturated carbocycles. The minimum absolute atomic E-state index is 0.0482. The number of rotatable bonds is 3. The zero-order valence-corrected chi connectivity index (χ0v) is 11.0.